The minimum atomic E-state index is -0.206. The fourth-order valence-electron chi connectivity index (χ4n) is 2.27. The van der Waals surface area contributed by atoms with E-state index in [1.807, 2.05) is 13.8 Å². The number of hydrogen-bond acceptors (Lipinski definition) is 4. The second kappa shape index (κ2) is 6.13. The van der Waals surface area contributed by atoms with E-state index in [4.69, 9.17) is 15.2 Å². The molecular formula is C15H22N2O3. The zero-order valence-electron chi connectivity index (χ0n) is 12.1. The van der Waals surface area contributed by atoms with Gasteiger partial charge >= 0.3 is 0 Å². The van der Waals surface area contributed by atoms with Crippen LogP contribution in [-0.2, 0) is 4.74 Å². The molecule has 3 N–H and O–H groups in total. The quantitative estimate of drug-likeness (QED) is 0.826. The maximum Gasteiger partial charge on any atom is 0.251 e. The van der Waals surface area contributed by atoms with Crippen LogP contribution in [0.15, 0.2) is 18.2 Å². The lowest BCUT2D eigenvalue weighted by Crippen LogP contribution is -2.49. The molecule has 0 aromatic heterocycles. The minimum absolute atomic E-state index is 0.107. The standard InChI is InChI=1S/C15H22N2O3/c1-3-20-13-5-4-11(10-12(13)16)14(18)17-15(2)6-8-19-9-7-15/h4-5,10H,3,6-9,16H2,1-2H3,(H,17,18). The van der Waals surface area contributed by atoms with Gasteiger partial charge in [-0.2, -0.15) is 0 Å². The second-order valence-corrected chi connectivity index (χ2v) is 5.31. The van der Waals surface area contributed by atoms with Gasteiger partial charge in [0.2, 0.25) is 0 Å². The van der Waals surface area contributed by atoms with Crippen molar-refractivity contribution >= 4 is 11.6 Å². The van der Waals surface area contributed by atoms with E-state index in [9.17, 15) is 4.79 Å². The largest absolute Gasteiger partial charge is 0.492 e. The first-order valence-electron chi connectivity index (χ1n) is 6.97. The summed E-state index contributed by atoms with van der Waals surface area (Å²) in [5.41, 5.74) is 6.72. The predicted octanol–water partition coefficient (Wildman–Crippen LogP) is 1.97. The van der Waals surface area contributed by atoms with Crippen molar-refractivity contribution in [3.8, 4) is 5.75 Å². The molecule has 5 nitrogen and oxygen atoms in total. The molecule has 0 radical (unpaired) electrons. The molecule has 1 aromatic carbocycles. The average Bonchev–Trinajstić information content (AvgIpc) is 2.41. The minimum Gasteiger partial charge on any atom is -0.492 e. The Morgan fingerprint density at radius 3 is 2.75 bits per heavy atom. The number of nitrogens with two attached hydrogens (primary N) is 1. The molecule has 2 rings (SSSR count). The zero-order valence-corrected chi connectivity index (χ0v) is 12.1. The summed E-state index contributed by atoms with van der Waals surface area (Å²) in [6.07, 6.45) is 1.65. The third-order valence-corrected chi connectivity index (χ3v) is 3.58. The number of nitrogen functional groups attached to an aromatic ring is 1. The molecule has 5 heteroatoms. The average molecular weight is 278 g/mol. The number of carbonyl (C=O) groups is 1. The second-order valence-electron chi connectivity index (χ2n) is 5.31. The van der Waals surface area contributed by atoms with Crippen LogP contribution in [0.5, 0.6) is 5.75 Å². The Bertz CT molecular complexity index is 482. The van der Waals surface area contributed by atoms with Crippen LogP contribution < -0.4 is 15.8 Å². The van der Waals surface area contributed by atoms with Crippen molar-refractivity contribution in [1.82, 2.24) is 5.32 Å². The molecule has 0 bridgehead atoms. The van der Waals surface area contributed by atoms with Gasteiger partial charge in [-0.1, -0.05) is 0 Å². The third-order valence-electron chi connectivity index (χ3n) is 3.58. The van der Waals surface area contributed by atoms with Gasteiger partial charge in [0.25, 0.3) is 5.91 Å². The Kier molecular flexibility index (Phi) is 4.49. The van der Waals surface area contributed by atoms with Gasteiger partial charge in [0.1, 0.15) is 5.75 Å². The van der Waals surface area contributed by atoms with Crippen molar-refractivity contribution in [2.75, 3.05) is 25.6 Å². The molecule has 0 unspecified atom stereocenters. The zero-order chi connectivity index (χ0) is 14.6. The van der Waals surface area contributed by atoms with E-state index >= 15 is 0 Å². The lowest BCUT2D eigenvalue weighted by atomic mass is 9.92. The molecular weight excluding hydrogens is 256 g/mol. The molecule has 110 valence electrons. The molecule has 1 saturated heterocycles. The van der Waals surface area contributed by atoms with Crippen molar-refractivity contribution in [1.29, 1.82) is 0 Å². The summed E-state index contributed by atoms with van der Waals surface area (Å²) in [6.45, 7) is 5.86. The first-order chi connectivity index (χ1) is 9.54. The van der Waals surface area contributed by atoms with E-state index in [0.29, 0.717) is 36.8 Å². The summed E-state index contributed by atoms with van der Waals surface area (Å²) in [7, 11) is 0. The fourth-order valence-corrected chi connectivity index (χ4v) is 2.27. The monoisotopic (exact) mass is 278 g/mol. The van der Waals surface area contributed by atoms with Gasteiger partial charge in [0.05, 0.1) is 12.3 Å². The summed E-state index contributed by atoms with van der Waals surface area (Å²) in [5, 5.41) is 3.07. The third kappa shape index (κ3) is 3.42. The van der Waals surface area contributed by atoms with Gasteiger partial charge in [-0.05, 0) is 44.9 Å². The van der Waals surface area contributed by atoms with E-state index in [2.05, 4.69) is 5.32 Å². The number of amides is 1. The van der Waals surface area contributed by atoms with Crippen LogP contribution in [0.1, 0.15) is 37.0 Å². The number of anilines is 1. The fraction of sp³-hybridized carbons (Fsp3) is 0.533. The van der Waals surface area contributed by atoms with Crippen LogP contribution in [0.25, 0.3) is 0 Å². The Hall–Kier alpha value is -1.75. The Labute approximate surface area is 119 Å². The normalized spacial score (nSPS) is 17.5. The van der Waals surface area contributed by atoms with Crippen molar-refractivity contribution in [2.24, 2.45) is 0 Å². The molecule has 1 amide bonds. The first kappa shape index (κ1) is 14.7. The molecule has 1 fully saturated rings. The van der Waals surface area contributed by atoms with Gasteiger partial charge in [-0.15, -0.1) is 0 Å². The number of rotatable bonds is 4. The molecule has 1 aliphatic heterocycles. The van der Waals surface area contributed by atoms with Crippen molar-refractivity contribution < 1.29 is 14.3 Å². The number of carbonyl (C=O) groups excluding carboxylic acids is 1. The van der Waals surface area contributed by atoms with Gasteiger partial charge in [0, 0.05) is 24.3 Å². The van der Waals surface area contributed by atoms with Crippen molar-refractivity contribution in [3.63, 3.8) is 0 Å². The Balaban J connectivity index is 2.07. The van der Waals surface area contributed by atoms with Crippen LogP contribution in [-0.4, -0.2) is 31.3 Å². The molecule has 0 aliphatic carbocycles. The van der Waals surface area contributed by atoms with Gasteiger partial charge in [0.15, 0.2) is 0 Å². The molecule has 1 aliphatic rings. The van der Waals surface area contributed by atoms with Crippen molar-refractivity contribution in [3.05, 3.63) is 23.8 Å². The first-order valence-corrected chi connectivity index (χ1v) is 6.97. The van der Waals surface area contributed by atoms with E-state index < -0.39 is 0 Å². The SMILES string of the molecule is CCOc1ccc(C(=O)NC2(C)CCOCC2)cc1N. The maximum absolute atomic E-state index is 12.3. The number of hydrogen-bond donors (Lipinski definition) is 2. The van der Waals surface area contributed by atoms with Gasteiger partial charge in [-0.3, -0.25) is 4.79 Å². The molecule has 1 heterocycles. The summed E-state index contributed by atoms with van der Waals surface area (Å²) in [6, 6.07) is 5.13. The van der Waals surface area contributed by atoms with Crippen LogP contribution in [0.2, 0.25) is 0 Å². The van der Waals surface area contributed by atoms with Crippen LogP contribution in [0, 0.1) is 0 Å². The molecule has 0 saturated carbocycles. The highest BCUT2D eigenvalue weighted by Gasteiger charge is 2.29. The summed E-state index contributed by atoms with van der Waals surface area (Å²) in [4.78, 5) is 12.3. The highest BCUT2D eigenvalue weighted by molar-refractivity contribution is 5.96. The molecule has 0 spiro atoms. The van der Waals surface area contributed by atoms with Crippen molar-refractivity contribution in [2.45, 2.75) is 32.2 Å². The lowest BCUT2D eigenvalue weighted by molar-refractivity contribution is 0.0423. The smallest absolute Gasteiger partial charge is 0.251 e. The number of benzene rings is 1. The summed E-state index contributed by atoms with van der Waals surface area (Å²) in [5.74, 6) is 0.505. The molecule has 0 atom stereocenters. The Morgan fingerprint density at radius 1 is 1.45 bits per heavy atom. The Morgan fingerprint density at radius 2 is 2.15 bits per heavy atom. The summed E-state index contributed by atoms with van der Waals surface area (Å²) < 4.78 is 10.7. The van der Waals surface area contributed by atoms with Crippen LogP contribution in [0.3, 0.4) is 0 Å². The molecule has 1 aromatic rings. The van der Waals surface area contributed by atoms with Gasteiger partial charge < -0.3 is 20.5 Å². The van der Waals surface area contributed by atoms with Gasteiger partial charge in [-0.25, -0.2) is 0 Å². The molecule has 20 heavy (non-hydrogen) atoms. The highest BCUT2D eigenvalue weighted by Crippen LogP contribution is 2.24. The number of ether oxygens (including phenoxy) is 2. The lowest BCUT2D eigenvalue weighted by Gasteiger charge is -2.34. The van der Waals surface area contributed by atoms with E-state index in [1.165, 1.54) is 0 Å². The van der Waals surface area contributed by atoms with E-state index in [1.54, 1.807) is 18.2 Å². The highest BCUT2D eigenvalue weighted by atomic mass is 16.5. The topological polar surface area (TPSA) is 73.6 Å². The predicted molar refractivity (Wildman–Crippen MR) is 77.9 cm³/mol. The van der Waals surface area contributed by atoms with Crippen LogP contribution in [0.4, 0.5) is 5.69 Å². The summed E-state index contributed by atoms with van der Waals surface area (Å²) >= 11 is 0. The van der Waals surface area contributed by atoms with E-state index in [-0.39, 0.29) is 11.4 Å². The number of nitrogens with one attached hydrogen (secondary N) is 1. The van der Waals surface area contributed by atoms with Crippen LogP contribution >= 0.6 is 0 Å². The van der Waals surface area contributed by atoms with E-state index in [0.717, 1.165) is 12.8 Å². The maximum atomic E-state index is 12.3.